The van der Waals surface area contributed by atoms with E-state index in [4.69, 9.17) is 0 Å². The maximum absolute atomic E-state index is 13.9. The van der Waals surface area contributed by atoms with Gasteiger partial charge in [-0.1, -0.05) is 115 Å². The van der Waals surface area contributed by atoms with Crippen LogP contribution in [0.4, 0.5) is 0 Å². The number of Topliss-reactive ketones (excluding diaryl/α,β-unsaturated/α-hetero) is 2. The first kappa shape index (κ1) is 22.9. The zero-order valence-electron chi connectivity index (χ0n) is 19.4. The summed E-state index contributed by atoms with van der Waals surface area (Å²) >= 11 is 0. The summed E-state index contributed by atoms with van der Waals surface area (Å²) in [6, 6.07) is 26.7. The Bertz CT molecular complexity index is 1360. The van der Waals surface area contributed by atoms with Gasteiger partial charge in [-0.3, -0.25) is 9.59 Å². The summed E-state index contributed by atoms with van der Waals surface area (Å²) in [5.74, 6) is -0.142. The summed E-state index contributed by atoms with van der Waals surface area (Å²) < 4.78 is 0. The molecule has 0 fully saturated rings. The average Bonchev–Trinajstić information content (AvgIpc) is 2.88. The van der Waals surface area contributed by atoms with Crippen LogP contribution >= 0.6 is 0 Å². The van der Waals surface area contributed by atoms with Crippen LogP contribution in [0.3, 0.4) is 0 Å². The number of benzene rings is 3. The third-order valence-corrected chi connectivity index (χ3v) is 5.79. The van der Waals surface area contributed by atoms with E-state index in [9.17, 15) is 9.59 Å². The molecule has 0 saturated carbocycles. The highest BCUT2D eigenvalue weighted by Gasteiger charge is 2.22. The molecule has 0 bridgehead atoms. The van der Waals surface area contributed by atoms with Gasteiger partial charge in [-0.25, -0.2) is 0 Å². The Labute approximate surface area is 201 Å². The number of allylic oxidation sites excluding steroid dienone is 9. The molecule has 0 amide bonds. The van der Waals surface area contributed by atoms with Gasteiger partial charge in [0.2, 0.25) is 0 Å². The lowest BCUT2D eigenvalue weighted by atomic mass is 9.84. The lowest BCUT2D eigenvalue weighted by Gasteiger charge is -2.18. The van der Waals surface area contributed by atoms with E-state index in [1.807, 2.05) is 135 Å². The SMILES string of the molecule is C\C1=C/C=C\C=C(C)\C(=C(/C=C/c2ccccc2)C(=O)c2ccccc2)c2ccccc2C1=O. The summed E-state index contributed by atoms with van der Waals surface area (Å²) in [5, 5.41) is 0. The Morgan fingerprint density at radius 3 is 1.91 bits per heavy atom. The maximum Gasteiger partial charge on any atom is 0.193 e. The first-order valence-electron chi connectivity index (χ1n) is 11.3. The summed E-state index contributed by atoms with van der Waals surface area (Å²) in [6.45, 7) is 3.80. The standard InChI is InChI=1S/C32H26O2/c1-23-13-9-10-14-24(2)31(33)28-20-12-11-19-27(28)30(23)29(22-21-25-15-5-3-6-16-25)32(34)26-17-7-4-8-18-26/h3-22H,1-2H3/b10-9-,22-21+,23-13+,24-14+,30-29-. The third-order valence-electron chi connectivity index (χ3n) is 5.79. The van der Waals surface area contributed by atoms with Gasteiger partial charge in [0.1, 0.15) is 0 Å². The van der Waals surface area contributed by atoms with Crippen molar-refractivity contribution in [2.24, 2.45) is 0 Å². The van der Waals surface area contributed by atoms with Crippen molar-refractivity contribution >= 4 is 23.2 Å². The van der Waals surface area contributed by atoms with Gasteiger partial charge >= 0.3 is 0 Å². The van der Waals surface area contributed by atoms with E-state index in [0.29, 0.717) is 22.3 Å². The van der Waals surface area contributed by atoms with Gasteiger partial charge in [-0.05, 0) is 47.8 Å². The molecule has 0 heterocycles. The second-order valence-corrected chi connectivity index (χ2v) is 8.19. The third kappa shape index (κ3) is 5.02. The molecule has 4 rings (SSSR count). The van der Waals surface area contributed by atoms with Crippen molar-refractivity contribution in [3.05, 3.63) is 154 Å². The molecule has 0 atom stereocenters. The van der Waals surface area contributed by atoms with Crippen molar-refractivity contribution < 1.29 is 9.59 Å². The molecule has 3 aromatic carbocycles. The number of rotatable bonds is 4. The molecule has 0 N–H and O–H groups in total. The highest BCUT2D eigenvalue weighted by Crippen LogP contribution is 2.33. The molecule has 0 aromatic heterocycles. The lowest BCUT2D eigenvalue weighted by Crippen LogP contribution is -2.10. The molecule has 1 aliphatic rings. The fourth-order valence-corrected chi connectivity index (χ4v) is 4.00. The van der Waals surface area contributed by atoms with Gasteiger partial charge < -0.3 is 0 Å². The molecule has 2 nitrogen and oxygen atoms in total. The molecule has 1 aliphatic carbocycles. The van der Waals surface area contributed by atoms with Gasteiger partial charge in [0, 0.05) is 16.7 Å². The molecule has 166 valence electrons. The lowest BCUT2D eigenvalue weighted by molar-refractivity contribution is 0.102. The van der Waals surface area contributed by atoms with Crippen molar-refractivity contribution in [3.63, 3.8) is 0 Å². The van der Waals surface area contributed by atoms with E-state index in [-0.39, 0.29) is 11.6 Å². The molecule has 34 heavy (non-hydrogen) atoms. The van der Waals surface area contributed by atoms with E-state index >= 15 is 0 Å². The Hall–Kier alpha value is -4.30. The minimum atomic E-state index is -0.0916. The van der Waals surface area contributed by atoms with E-state index in [2.05, 4.69) is 0 Å². The number of hydrogen-bond donors (Lipinski definition) is 0. The van der Waals surface area contributed by atoms with Crippen molar-refractivity contribution in [1.82, 2.24) is 0 Å². The predicted molar refractivity (Wildman–Crippen MR) is 141 cm³/mol. The van der Waals surface area contributed by atoms with Crippen molar-refractivity contribution in [2.75, 3.05) is 0 Å². The van der Waals surface area contributed by atoms with Gasteiger partial charge in [-0.15, -0.1) is 0 Å². The smallest absolute Gasteiger partial charge is 0.193 e. The summed E-state index contributed by atoms with van der Waals surface area (Å²) in [5.41, 5.74) is 5.77. The summed E-state index contributed by atoms with van der Waals surface area (Å²) in [4.78, 5) is 27.2. The first-order valence-corrected chi connectivity index (χ1v) is 11.3. The summed E-state index contributed by atoms with van der Waals surface area (Å²) in [7, 11) is 0. The Morgan fingerprint density at radius 2 is 1.24 bits per heavy atom. The minimum absolute atomic E-state index is 0.0500. The fraction of sp³-hybridized carbons (Fsp3) is 0.0625. The number of fused-ring (bicyclic) bond motifs is 1. The topological polar surface area (TPSA) is 34.1 Å². The van der Waals surface area contributed by atoms with Gasteiger partial charge in [0.25, 0.3) is 0 Å². The molecule has 0 aliphatic heterocycles. The Morgan fingerprint density at radius 1 is 0.676 bits per heavy atom. The highest BCUT2D eigenvalue weighted by molar-refractivity contribution is 6.19. The number of hydrogen-bond acceptors (Lipinski definition) is 2. The average molecular weight is 443 g/mol. The van der Waals surface area contributed by atoms with E-state index in [0.717, 1.165) is 22.3 Å². The molecule has 0 spiro atoms. The molecule has 0 radical (unpaired) electrons. The van der Waals surface area contributed by atoms with Gasteiger partial charge in [0.05, 0.1) is 0 Å². The van der Waals surface area contributed by atoms with Crippen LogP contribution in [0, 0.1) is 0 Å². The zero-order chi connectivity index (χ0) is 23.9. The molecule has 0 saturated heterocycles. The fourth-order valence-electron chi connectivity index (χ4n) is 4.00. The van der Waals surface area contributed by atoms with Crippen LogP contribution in [0.1, 0.15) is 45.7 Å². The van der Waals surface area contributed by atoms with Gasteiger partial charge in [0.15, 0.2) is 11.6 Å². The van der Waals surface area contributed by atoms with Crippen LogP contribution in [0.5, 0.6) is 0 Å². The van der Waals surface area contributed by atoms with E-state index < -0.39 is 0 Å². The van der Waals surface area contributed by atoms with Crippen LogP contribution in [-0.2, 0) is 0 Å². The van der Waals surface area contributed by atoms with Crippen LogP contribution in [0.25, 0.3) is 11.6 Å². The maximum atomic E-state index is 13.9. The van der Waals surface area contributed by atoms with Crippen molar-refractivity contribution in [3.8, 4) is 0 Å². The molecule has 0 unspecified atom stereocenters. The quantitative estimate of drug-likeness (QED) is 0.307. The normalized spacial score (nSPS) is 19.4. The van der Waals surface area contributed by atoms with Crippen LogP contribution in [0.2, 0.25) is 0 Å². The summed E-state index contributed by atoms with van der Waals surface area (Å²) in [6.07, 6.45) is 11.4. The molecular weight excluding hydrogens is 416 g/mol. The van der Waals surface area contributed by atoms with E-state index in [1.54, 1.807) is 0 Å². The second kappa shape index (κ2) is 10.5. The number of carbonyl (C=O) groups is 2. The number of ketones is 2. The Kier molecular flexibility index (Phi) is 7.10. The van der Waals surface area contributed by atoms with Crippen molar-refractivity contribution in [1.29, 1.82) is 0 Å². The minimum Gasteiger partial charge on any atom is -0.289 e. The second-order valence-electron chi connectivity index (χ2n) is 8.19. The van der Waals surface area contributed by atoms with Crippen molar-refractivity contribution in [2.45, 2.75) is 13.8 Å². The zero-order valence-corrected chi connectivity index (χ0v) is 19.4. The predicted octanol–water partition coefficient (Wildman–Crippen LogP) is 7.68. The highest BCUT2D eigenvalue weighted by atomic mass is 16.1. The first-order chi connectivity index (χ1) is 16.6. The Balaban J connectivity index is 2.04. The monoisotopic (exact) mass is 442 g/mol. The van der Waals surface area contributed by atoms with Crippen LogP contribution in [0.15, 0.2) is 132 Å². The van der Waals surface area contributed by atoms with Crippen LogP contribution < -0.4 is 0 Å². The van der Waals surface area contributed by atoms with Gasteiger partial charge in [-0.2, -0.15) is 0 Å². The number of carbonyl (C=O) groups excluding carboxylic acids is 2. The van der Waals surface area contributed by atoms with E-state index in [1.165, 1.54) is 0 Å². The molecule has 3 aromatic rings. The molecule has 2 heteroatoms. The molecular formula is C32H26O2. The van der Waals surface area contributed by atoms with Crippen LogP contribution in [-0.4, -0.2) is 11.6 Å². The largest absolute Gasteiger partial charge is 0.289 e.